The quantitative estimate of drug-likeness (QED) is 0.536. The van der Waals surface area contributed by atoms with E-state index >= 15 is 0 Å². The molecule has 2 aliphatic heterocycles. The number of rotatable bonds is 2. The van der Waals surface area contributed by atoms with Crippen LogP contribution in [0.4, 0.5) is 5.82 Å². The van der Waals surface area contributed by atoms with Crippen LogP contribution < -0.4 is 10.5 Å². The first kappa shape index (κ1) is 20.1. The number of fused-ring (bicyclic) bond motifs is 1. The van der Waals surface area contributed by atoms with E-state index in [0.29, 0.717) is 39.3 Å². The fourth-order valence-corrected chi connectivity index (χ4v) is 4.86. The second-order valence-electron chi connectivity index (χ2n) is 7.44. The molecule has 0 saturated carbocycles. The predicted molar refractivity (Wildman–Crippen MR) is 119 cm³/mol. The van der Waals surface area contributed by atoms with E-state index in [-0.39, 0.29) is 23.7 Å². The molecule has 0 bridgehead atoms. The van der Waals surface area contributed by atoms with Gasteiger partial charge in [0.1, 0.15) is 15.8 Å². The highest BCUT2D eigenvalue weighted by molar-refractivity contribution is 8.26. The van der Waals surface area contributed by atoms with Gasteiger partial charge in [0, 0.05) is 26.3 Å². The highest BCUT2D eigenvalue weighted by Gasteiger charge is 2.31. The number of amides is 1. The lowest BCUT2D eigenvalue weighted by atomic mass is 10.1. The van der Waals surface area contributed by atoms with Gasteiger partial charge in [-0.2, -0.15) is 0 Å². The van der Waals surface area contributed by atoms with Crippen molar-refractivity contribution >= 4 is 51.7 Å². The van der Waals surface area contributed by atoms with Gasteiger partial charge in [0.15, 0.2) is 0 Å². The van der Waals surface area contributed by atoms with E-state index in [2.05, 4.69) is 4.90 Å². The first-order valence-corrected chi connectivity index (χ1v) is 10.6. The van der Waals surface area contributed by atoms with Crippen molar-refractivity contribution in [2.75, 3.05) is 25.0 Å². The van der Waals surface area contributed by atoms with Crippen LogP contribution in [0.15, 0.2) is 28.0 Å². The fraction of sp³-hybridized carbons (Fsp3) is 0.400. The van der Waals surface area contributed by atoms with Gasteiger partial charge >= 0.3 is 0 Å². The number of likely N-dealkylation sites (N-methyl/N-ethyl adjacent to an activating group) is 1. The third-order valence-electron chi connectivity index (χ3n) is 5.05. The molecule has 2 fully saturated rings. The lowest BCUT2D eigenvalue weighted by molar-refractivity contribution is -0.121. The minimum atomic E-state index is -0.207. The van der Waals surface area contributed by atoms with E-state index < -0.39 is 0 Å². The average Bonchev–Trinajstić information content (AvgIpc) is 2.90. The van der Waals surface area contributed by atoms with E-state index in [0.717, 1.165) is 5.56 Å². The van der Waals surface area contributed by atoms with Crippen molar-refractivity contribution in [2.24, 2.45) is 0 Å². The van der Waals surface area contributed by atoms with Crippen molar-refractivity contribution in [1.29, 1.82) is 0 Å². The number of aromatic nitrogens is 2. The zero-order valence-corrected chi connectivity index (χ0v) is 18.3. The average molecular weight is 431 g/mol. The van der Waals surface area contributed by atoms with Crippen molar-refractivity contribution in [3.8, 4) is 0 Å². The minimum Gasteiger partial charge on any atom is -0.372 e. The molecule has 2 aromatic rings. The molecule has 29 heavy (non-hydrogen) atoms. The molecule has 0 aromatic carbocycles. The van der Waals surface area contributed by atoms with E-state index in [1.807, 2.05) is 32.9 Å². The first-order chi connectivity index (χ1) is 13.8. The topological polar surface area (TPSA) is 67.2 Å². The molecule has 2 aromatic heterocycles. The maximum absolute atomic E-state index is 13.4. The van der Waals surface area contributed by atoms with E-state index in [1.165, 1.54) is 21.1 Å². The smallest absolute Gasteiger partial charge is 0.267 e. The summed E-state index contributed by atoms with van der Waals surface area (Å²) in [5, 5.41) is 0. The number of pyridine rings is 1. The van der Waals surface area contributed by atoms with Gasteiger partial charge in [-0.3, -0.25) is 18.9 Å². The summed E-state index contributed by atoms with van der Waals surface area (Å²) in [7, 11) is 1.64. The summed E-state index contributed by atoms with van der Waals surface area (Å²) >= 11 is 6.43. The Labute approximate surface area is 178 Å². The molecular weight excluding hydrogens is 408 g/mol. The summed E-state index contributed by atoms with van der Waals surface area (Å²) in [6.45, 7) is 7.17. The number of morpholine rings is 1. The molecule has 0 radical (unpaired) electrons. The zero-order valence-electron chi connectivity index (χ0n) is 16.7. The maximum Gasteiger partial charge on any atom is 0.267 e. The molecule has 9 heteroatoms. The standard InChI is InChI=1S/C20H22N4O3S2/c1-11-6-5-7-24-16(11)21-17(23-9-12(2)27-13(3)10-23)14(18(24)25)8-15-19(26)22(4)20(28)29-15/h5-8,12-13H,9-10H2,1-4H3/b15-8-/t12-,13-/m0/s1. The number of anilines is 1. The molecule has 2 atom stereocenters. The van der Waals surface area contributed by atoms with Crippen molar-refractivity contribution < 1.29 is 9.53 Å². The van der Waals surface area contributed by atoms with Crippen molar-refractivity contribution in [3.63, 3.8) is 0 Å². The third kappa shape index (κ3) is 3.58. The molecule has 0 N–H and O–H groups in total. The number of aryl methyl sites for hydroxylation is 1. The van der Waals surface area contributed by atoms with Crippen molar-refractivity contribution in [2.45, 2.75) is 33.0 Å². The van der Waals surface area contributed by atoms with Gasteiger partial charge in [-0.1, -0.05) is 30.0 Å². The number of nitrogens with zero attached hydrogens (tertiary/aromatic N) is 4. The molecule has 7 nitrogen and oxygen atoms in total. The molecule has 4 rings (SSSR count). The lowest BCUT2D eigenvalue weighted by Crippen LogP contribution is -2.46. The first-order valence-electron chi connectivity index (χ1n) is 9.40. The summed E-state index contributed by atoms with van der Waals surface area (Å²) in [6, 6.07) is 3.75. The van der Waals surface area contributed by atoms with Gasteiger partial charge < -0.3 is 9.64 Å². The molecule has 1 amide bonds. The van der Waals surface area contributed by atoms with E-state index in [9.17, 15) is 9.59 Å². The Kier molecular flexibility index (Phi) is 5.22. The number of ether oxygens (including phenoxy) is 1. The maximum atomic E-state index is 13.4. The second-order valence-corrected chi connectivity index (χ2v) is 9.12. The fourth-order valence-electron chi connectivity index (χ4n) is 3.70. The molecule has 152 valence electrons. The number of carbonyl (C=O) groups is 1. The Bertz CT molecular complexity index is 1100. The van der Waals surface area contributed by atoms with Crippen molar-refractivity contribution in [3.05, 3.63) is 44.7 Å². The Hall–Kier alpha value is -2.23. The zero-order chi connectivity index (χ0) is 20.9. The summed E-state index contributed by atoms with van der Waals surface area (Å²) in [5.41, 5.74) is 1.70. The highest BCUT2D eigenvalue weighted by Crippen LogP contribution is 2.33. The molecule has 4 heterocycles. The molecule has 2 saturated heterocycles. The predicted octanol–water partition coefficient (Wildman–Crippen LogP) is 2.45. The SMILES string of the molecule is Cc1cccn2c(=O)c(/C=C3\SC(=S)N(C)C3=O)c(N3C[C@H](C)O[C@@H](C)C3)nc12. The van der Waals surface area contributed by atoms with Crippen LogP contribution in [0.5, 0.6) is 0 Å². The molecular formula is C20H22N4O3S2. The Morgan fingerprint density at radius 3 is 2.59 bits per heavy atom. The van der Waals surface area contributed by atoms with Crippen LogP contribution in [0.25, 0.3) is 11.7 Å². The largest absolute Gasteiger partial charge is 0.372 e. The van der Waals surface area contributed by atoms with Gasteiger partial charge in [0.2, 0.25) is 0 Å². The Balaban J connectivity index is 1.94. The summed E-state index contributed by atoms with van der Waals surface area (Å²) in [4.78, 5) is 34.7. The highest BCUT2D eigenvalue weighted by atomic mass is 32.2. The van der Waals surface area contributed by atoms with E-state index in [4.69, 9.17) is 21.9 Å². The van der Waals surface area contributed by atoms with Crippen LogP contribution in [0.1, 0.15) is 25.0 Å². The number of carbonyl (C=O) groups excluding carboxylic acids is 1. The van der Waals surface area contributed by atoms with Gasteiger partial charge in [0.05, 0.1) is 22.7 Å². The van der Waals surface area contributed by atoms with Gasteiger partial charge in [-0.15, -0.1) is 0 Å². The molecule has 2 aliphatic rings. The monoisotopic (exact) mass is 430 g/mol. The number of thiocarbonyl (C=S) groups is 1. The van der Waals surface area contributed by atoms with Crippen LogP contribution in [0, 0.1) is 6.92 Å². The van der Waals surface area contributed by atoms with Gasteiger partial charge in [-0.25, -0.2) is 4.98 Å². The van der Waals surface area contributed by atoms with Crippen molar-refractivity contribution in [1.82, 2.24) is 14.3 Å². The van der Waals surface area contributed by atoms with Gasteiger partial charge in [0.25, 0.3) is 11.5 Å². The number of hydrogen-bond donors (Lipinski definition) is 0. The molecule has 0 unspecified atom stereocenters. The Morgan fingerprint density at radius 2 is 1.97 bits per heavy atom. The van der Waals surface area contributed by atoms with Gasteiger partial charge in [-0.05, 0) is 38.5 Å². The van der Waals surface area contributed by atoms with Crippen LogP contribution in [-0.2, 0) is 9.53 Å². The second kappa shape index (κ2) is 7.55. The van der Waals surface area contributed by atoms with Crippen LogP contribution in [0.3, 0.4) is 0 Å². The number of hydrogen-bond acceptors (Lipinski definition) is 7. The molecule has 0 aliphatic carbocycles. The lowest BCUT2D eigenvalue weighted by Gasteiger charge is -2.36. The summed E-state index contributed by atoms with van der Waals surface area (Å²) < 4.78 is 7.85. The minimum absolute atomic E-state index is 0.0116. The third-order valence-corrected chi connectivity index (χ3v) is 6.53. The Morgan fingerprint density at radius 1 is 1.28 bits per heavy atom. The van der Waals surface area contributed by atoms with Crippen LogP contribution in [0.2, 0.25) is 0 Å². The molecule has 0 spiro atoms. The van der Waals surface area contributed by atoms with Crippen LogP contribution >= 0.6 is 24.0 Å². The summed E-state index contributed by atoms with van der Waals surface area (Å²) in [5.74, 6) is 0.371. The normalized spacial score (nSPS) is 24.2. The summed E-state index contributed by atoms with van der Waals surface area (Å²) in [6.07, 6.45) is 3.36. The number of thioether (sulfide) groups is 1. The van der Waals surface area contributed by atoms with E-state index in [1.54, 1.807) is 19.3 Å². The van der Waals surface area contributed by atoms with Crippen LogP contribution in [-0.4, -0.2) is 56.9 Å².